The summed E-state index contributed by atoms with van der Waals surface area (Å²) < 4.78 is 13.2. The first kappa shape index (κ1) is 15.0. The van der Waals surface area contributed by atoms with Crippen LogP contribution in [0.5, 0.6) is 0 Å². The Hall–Kier alpha value is -2.36. The summed E-state index contributed by atoms with van der Waals surface area (Å²) in [6.07, 6.45) is 0. The molecule has 0 bridgehead atoms. The van der Waals surface area contributed by atoms with Crippen LogP contribution in [0.4, 0.5) is 10.1 Å². The highest BCUT2D eigenvalue weighted by atomic mass is 19.1. The van der Waals surface area contributed by atoms with Crippen molar-refractivity contribution in [2.24, 2.45) is 0 Å². The number of carbonyl (C=O) groups is 1. The van der Waals surface area contributed by atoms with Crippen LogP contribution in [0.1, 0.15) is 35.8 Å². The van der Waals surface area contributed by atoms with E-state index in [0.717, 1.165) is 17.8 Å². The molecule has 1 amide bonds. The second-order valence-corrected chi connectivity index (χ2v) is 4.83. The van der Waals surface area contributed by atoms with Crippen molar-refractivity contribution in [1.82, 2.24) is 5.32 Å². The van der Waals surface area contributed by atoms with Crippen LogP contribution in [0, 0.1) is 5.82 Å². The lowest BCUT2D eigenvalue weighted by Gasteiger charge is -2.16. The Morgan fingerprint density at radius 1 is 1.19 bits per heavy atom. The minimum Gasteiger partial charge on any atom is -0.385 e. The van der Waals surface area contributed by atoms with Gasteiger partial charge in [-0.25, -0.2) is 4.39 Å². The summed E-state index contributed by atoms with van der Waals surface area (Å²) in [7, 11) is 0. The van der Waals surface area contributed by atoms with Crippen LogP contribution in [0.3, 0.4) is 0 Å². The number of benzene rings is 2. The van der Waals surface area contributed by atoms with E-state index in [-0.39, 0.29) is 17.8 Å². The van der Waals surface area contributed by atoms with Crippen LogP contribution in [-0.4, -0.2) is 12.5 Å². The van der Waals surface area contributed by atoms with Crippen LogP contribution in [0.15, 0.2) is 48.5 Å². The molecule has 3 nitrogen and oxygen atoms in total. The predicted octanol–water partition coefficient (Wildman–Crippen LogP) is 3.75. The molecule has 0 aromatic heterocycles. The lowest BCUT2D eigenvalue weighted by atomic mass is 10.1. The fraction of sp³-hybridized carbons (Fsp3) is 0.235. The van der Waals surface area contributed by atoms with Gasteiger partial charge in [0, 0.05) is 12.2 Å². The van der Waals surface area contributed by atoms with Gasteiger partial charge in [0.05, 0.1) is 11.6 Å². The van der Waals surface area contributed by atoms with Crippen molar-refractivity contribution in [2.45, 2.75) is 19.9 Å². The Balaban J connectivity index is 2.14. The quantitative estimate of drug-likeness (QED) is 0.879. The van der Waals surface area contributed by atoms with E-state index in [1.54, 1.807) is 18.2 Å². The first-order valence-corrected chi connectivity index (χ1v) is 7.01. The molecule has 1 atom stereocenters. The number of anilines is 1. The SMILES string of the molecule is CCNc1ccccc1C(=O)NC(C)c1cccc(F)c1. The lowest BCUT2D eigenvalue weighted by Crippen LogP contribution is -2.27. The van der Waals surface area contributed by atoms with E-state index in [9.17, 15) is 9.18 Å². The molecule has 0 saturated carbocycles. The first-order valence-electron chi connectivity index (χ1n) is 7.01. The van der Waals surface area contributed by atoms with Gasteiger partial charge in [-0.2, -0.15) is 0 Å². The van der Waals surface area contributed by atoms with E-state index >= 15 is 0 Å². The van der Waals surface area contributed by atoms with Gasteiger partial charge in [-0.05, 0) is 43.7 Å². The van der Waals surface area contributed by atoms with E-state index in [1.165, 1.54) is 12.1 Å². The van der Waals surface area contributed by atoms with Gasteiger partial charge in [-0.1, -0.05) is 24.3 Å². The van der Waals surface area contributed by atoms with Crippen LogP contribution >= 0.6 is 0 Å². The van der Waals surface area contributed by atoms with Gasteiger partial charge < -0.3 is 10.6 Å². The average Bonchev–Trinajstić information content (AvgIpc) is 2.48. The van der Waals surface area contributed by atoms with Crippen molar-refractivity contribution in [3.05, 3.63) is 65.5 Å². The summed E-state index contributed by atoms with van der Waals surface area (Å²) in [6, 6.07) is 13.3. The molecule has 2 aromatic rings. The highest BCUT2D eigenvalue weighted by Crippen LogP contribution is 2.18. The molecule has 0 aliphatic rings. The summed E-state index contributed by atoms with van der Waals surface area (Å²) in [5.74, 6) is -0.482. The van der Waals surface area contributed by atoms with Crippen molar-refractivity contribution in [1.29, 1.82) is 0 Å². The van der Waals surface area contributed by atoms with E-state index in [2.05, 4.69) is 10.6 Å². The summed E-state index contributed by atoms with van der Waals surface area (Å²) >= 11 is 0. The standard InChI is InChI=1S/C17H19FN2O/c1-3-19-16-10-5-4-9-15(16)17(21)20-12(2)13-7-6-8-14(18)11-13/h4-12,19H,3H2,1-2H3,(H,20,21). The second-order valence-electron chi connectivity index (χ2n) is 4.83. The van der Waals surface area contributed by atoms with Gasteiger partial charge >= 0.3 is 0 Å². The van der Waals surface area contributed by atoms with Crippen LogP contribution in [0.2, 0.25) is 0 Å². The smallest absolute Gasteiger partial charge is 0.253 e. The van der Waals surface area contributed by atoms with Crippen molar-refractivity contribution in [2.75, 3.05) is 11.9 Å². The minimum absolute atomic E-state index is 0.177. The van der Waals surface area contributed by atoms with Crippen molar-refractivity contribution < 1.29 is 9.18 Å². The molecule has 0 radical (unpaired) electrons. The molecule has 110 valence electrons. The fourth-order valence-electron chi connectivity index (χ4n) is 2.16. The van der Waals surface area contributed by atoms with Gasteiger partial charge in [0.15, 0.2) is 0 Å². The third kappa shape index (κ3) is 3.81. The van der Waals surface area contributed by atoms with Crippen LogP contribution in [0.25, 0.3) is 0 Å². The fourth-order valence-corrected chi connectivity index (χ4v) is 2.16. The molecule has 21 heavy (non-hydrogen) atoms. The Kier molecular flexibility index (Phi) is 4.93. The number of nitrogens with one attached hydrogen (secondary N) is 2. The third-order valence-corrected chi connectivity index (χ3v) is 3.24. The van der Waals surface area contributed by atoms with Gasteiger partial charge in [0.1, 0.15) is 5.82 Å². The number of hydrogen-bond acceptors (Lipinski definition) is 2. The summed E-state index contributed by atoms with van der Waals surface area (Å²) in [5.41, 5.74) is 2.12. The maximum atomic E-state index is 13.2. The number of amides is 1. The Morgan fingerprint density at radius 2 is 1.95 bits per heavy atom. The highest BCUT2D eigenvalue weighted by Gasteiger charge is 2.14. The predicted molar refractivity (Wildman–Crippen MR) is 82.9 cm³/mol. The summed E-state index contributed by atoms with van der Waals surface area (Å²) in [4.78, 5) is 12.4. The zero-order chi connectivity index (χ0) is 15.2. The van der Waals surface area contributed by atoms with Crippen LogP contribution in [-0.2, 0) is 0 Å². The van der Waals surface area contributed by atoms with Gasteiger partial charge in [-0.3, -0.25) is 4.79 Å². The molecular weight excluding hydrogens is 267 g/mol. The average molecular weight is 286 g/mol. The maximum Gasteiger partial charge on any atom is 0.253 e. The normalized spacial score (nSPS) is 11.8. The molecule has 1 unspecified atom stereocenters. The van der Waals surface area contributed by atoms with Crippen molar-refractivity contribution in [3.8, 4) is 0 Å². The monoisotopic (exact) mass is 286 g/mol. The highest BCUT2D eigenvalue weighted by molar-refractivity contribution is 5.99. The van der Waals surface area contributed by atoms with Gasteiger partial charge in [-0.15, -0.1) is 0 Å². The number of para-hydroxylation sites is 1. The zero-order valence-electron chi connectivity index (χ0n) is 12.2. The van der Waals surface area contributed by atoms with Gasteiger partial charge in [0.2, 0.25) is 0 Å². The van der Waals surface area contributed by atoms with Gasteiger partial charge in [0.25, 0.3) is 5.91 Å². The Morgan fingerprint density at radius 3 is 2.67 bits per heavy atom. The number of carbonyl (C=O) groups excluding carboxylic acids is 1. The van der Waals surface area contributed by atoms with Crippen molar-refractivity contribution in [3.63, 3.8) is 0 Å². The molecule has 0 spiro atoms. The van der Waals surface area contributed by atoms with E-state index < -0.39 is 0 Å². The maximum absolute atomic E-state index is 13.2. The Labute approximate surface area is 124 Å². The lowest BCUT2D eigenvalue weighted by molar-refractivity contribution is 0.0940. The number of rotatable bonds is 5. The molecule has 2 rings (SSSR count). The molecule has 2 aromatic carbocycles. The molecule has 4 heteroatoms. The number of halogens is 1. The molecule has 2 N–H and O–H groups in total. The third-order valence-electron chi connectivity index (χ3n) is 3.24. The van der Waals surface area contributed by atoms with E-state index in [4.69, 9.17) is 0 Å². The molecule has 0 aliphatic heterocycles. The van der Waals surface area contributed by atoms with Crippen molar-refractivity contribution >= 4 is 11.6 Å². The zero-order valence-corrected chi connectivity index (χ0v) is 12.2. The Bertz CT molecular complexity index is 628. The topological polar surface area (TPSA) is 41.1 Å². The van der Waals surface area contributed by atoms with E-state index in [0.29, 0.717) is 5.56 Å². The minimum atomic E-state index is -0.304. The molecule has 0 heterocycles. The largest absolute Gasteiger partial charge is 0.385 e. The first-order chi connectivity index (χ1) is 10.1. The van der Waals surface area contributed by atoms with E-state index in [1.807, 2.05) is 32.0 Å². The molecular formula is C17H19FN2O. The summed E-state index contributed by atoms with van der Waals surface area (Å²) in [5, 5.41) is 6.05. The molecule has 0 aliphatic carbocycles. The number of hydrogen-bond donors (Lipinski definition) is 2. The molecule has 0 saturated heterocycles. The van der Waals surface area contributed by atoms with Crippen LogP contribution < -0.4 is 10.6 Å². The summed E-state index contributed by atoms with van der Waals surface area (Å²) in [6.45, 7) is 4.55. The second kappa shape index (κ2) is 6.88. The molecule has 0 fully saturated rings.